The van der Waals surface area contributed by atoms with E-state index in [1.807, 2.05) is 25.1 Å². The highest BCUT2D eigenvalue weighted by molar-refractivity contribution is 5.57. The molecule has 0 amide bonds. The summed E-state index contributed by atoms with van der Waals surface area (Å²) in [6.07, 6.45) is 0.789. The Hall–Kier alpha value is -2.08. The van der Waals surface area contributed by atoms with E-state index in [2.05, 4.69) is 26.9 Å². The van der Waals surface area contributed by atoms with Gasteiger partial charge in [-0.15, -0.1) is 0 Å². The molecule has 0 bridgehead atoms. The van der Waals surface area contributed by atoms with E-state index in [4.69, 9.17) is 4.52 Å². The smallest absolute Gasteiger partial charge is 0.243 e. The largest absolute Gasteiger partial charge is 0.506 e. The van der Waals surface area contributed by atoms with Crippen LogP contribution in [0.1, 0.15) is 31.6 Å². The Kier molecular flexibility index (Phi) is 4.29. The molecule has 6 nitrogen and oxygen atoms in total. The molecule has 1 aliphatic heterocycles. The monoisotopic (exact) mass is 302 g/mol. The minimum Gasteiger partial charge on any atom is -0.506 e. The minimum absolute atomic E-state index is 0.124. The van der Waals surface area contributed by atoms with Gasteiger partial charge < -0.3 is 14.5 Å². The second-order valence-corrected chi connectivity index (χ2v) is 5.59. The quantitative estimate of drug-likeness (QED) is 0.934. The van der Waals surface area contributed by atoms with E-state index in [1.54, 1.807) is 6.07 Å². The van der Waals surface area contributed by atoms with Crippen LogP contribution in [0.4, 0.5) is 5.69 Å². The molecule has 22 heavy (non-hydrogen) atoms. The molecule has 2 heterocycles. The van der Waals surface area contributed by atoms with Crippen LogP contribution < -0.4 is 4.90 Å². The molecule has 0 radical (unpaired) electrons. The first-order chi connectivity index (χ1) is 10.7. The lowest BCUT2D eigenvalue weighted by atomic mass is 10.2. The zero-order chi connectivity index (χ0) is 15.5. The fourth-order valence-corrected chi connectivity index (χ4v) is 2.82. The number of aromatic nitrogens is 2. The van der Waals surface area contributed by atoms with Gasteiger partial charge in [-0.2, -0.15) is 4.98 Å². The maximum atomic E-state index is 9.96. The summed E-state index contributed by atoms with van der Waals surface area (Å²) in [6, 6.07) is 7.61. The summed E-state index contributed by atoms with van der Waals surface area (Å²) >= 11 is 0. The van der Waals surface area contributed by atoms with Crippen molar-refractivity contribution in [2.45, 2.75) is 26.3 Å². The molecule has 0 aliphatic carbocycles. The summed E-state index contributed by atoms with van der Waals surface area (Å²) < 4.78 is 5.34. The molecule has 3 rings (SSSR count). The van der Waals surface area contributed by atoms with Crippen molar-refractivity contribution < 1.29 is 9.63 Å². The molecule has 1 aromatic heterocycles. The van der Waals surface area contributed by atoms with Gasteiger partial charge in [0.25, 0.3) is 0 Å². The summed E-state index contributed by atoms with van der Waals surface area (Å²) in [5.41, 5.74) is 0.904. The van der Waals surface area contributed by atoms with Gasteiger partial charge in [0.1, 0.15) is 5.75 Å². The van der Waals surface area contributed by atoms with Crippen molar-refractivity contribution in [2.24, 2.45) is 0 Å². The average Bonchev–Trinajstić information content (AvgIpc) is 3.04. The number of phenolic OH excluding ortho intramolecular Hbond substituents is 1. The molecule has 1 N–H and O–H groups in total. The van der Waals surface area contributed by atoms with Crippen LogP contribution in [0.2, 0.25) is 0 Å². The van der Waals surface area contributed by atoms with Crippen molar-refractivity contribution in [3.8, 4) is 5.75 Å². The van der Waals surface area contributed by atoms with Crippen molar-refractivity contribution in [2.75, 3.05) is 31.1 Å². The zero-order valence-corrected chi connectivity index (χ0v) is 13.1. The number of aryl methyl sites for hydroxylation is 1. The van der Waals surface area contributed by atoms with E-state index in [0.717, 1.165) is 44.1 Å². The molecular formula is C16H22N4O2. The number of aromatic hydroxyl groups is 1. The van der Waals surface area contributed by atoms with Crippen molar-refractivity contribution in [1.82, 2.24) is 15.0 Å². The summed E-state index contributed by atoms with van der Waals surface area (Å²) in [5.74, 6) is 1.79. The molecule has 1 unspecified atom stereocenters. The first kappa shape index (κ1) is 14.8. The highest BCUT2D eigenvalue weighted by atomic mass is 16.5. The third kappa shape index (κ3) is 2.92. The van der Waals surface area contributed by atoms with E-state index in [9.17, 15) is 5.11 Å². The van der Waals surface area contributed by atoms with Gasteiger partial charge in [-0.05, 0) is 19.1 Å². The lowest BCUT2D eigenvalue weighted by Gasteiger charge is -2.38. The van der Waals surface area contributed by atoms with E-state index < -0.39 is 0 Å². The normalized spacial score (nSPS) is 17.6. The maximum absolute atomic E-state index is 9.96. The van der Waals surface area contributed by atoms with E-state index in [1.165, 1.54) is 0 Å². The standard InChI is InChI=1S/C16H22N4O2/c1-3-15-17-16(22-18-15)12(2)19-8-10-20(11-9-19)13-6-4-5-7-14(13)21/h4-7,12,21H,3,8-11H2,1-2H3. The molecule has 1 saturated heterocycles. The Labute approximate surface area is 130 Å². The van der Waals surface area contributed by atoms with Gasteiger partial charge in [0, 0.05) is 32.6 Å². The van der Waals surface area contributed by atoms with Gasteiger partial charge in [-0.1, -0.05) is 24.2 Å². The lowest BCUT2D eigenvalue weighted by Crippen LogP contribution is -2.47. The highest BCUT2D eigenvalue weighted by Crippen LogP contribution is 2.28. The molecule has 1 aliphatic rings. The number of benzene rings is 1. The van der Waals surface area contributed by atoms with Crippen LogP contribution in [0, 0.1) is 0 Å². The Morgan fingerprint density at radius 2 is 1.95 bits per heavy atom. The van der Waals surface area contributed by atoms with Gasteiger partial charge in [0.15, 0.2) is 5.82 Å². The molecule has 2 aromatic rings. The number of hydrogen-bond donors (Lipinski definition) is 1. The molecular weight excluding hydrogens is 280 g/mol. The SMILES string of the molecule is CCc1noc(C(C)N2CCN(c3ccccc3O)CC2)n1. The third-order valence-corrected chi connectivity index (χ3v) is 4.24. The number of rotatable bonds is 4. The van der Waals surface area contributed by atoms with Gasteiger partial charge in [-0.25, -0.2) is 0 Å². The summed E-state index contributed by atoms with van der Waals surface area (Å²) in [5, 5.41) is 13.9. The van der Waals surface area contributed by atoms with Gasteiger partial charge >= 0.3 is 0 Å². The first-order valence-corrected chi connectivity index (χ1v) is 7.78. The van der Waals surface area contributed by atoms with Gasteiger partial charge in [0.2, 0.25) is 5.89 Å². The number of phenols is 1. The maximum Gasteiger partial charge on any atom is 0.243 e. The number of piperazine rings is 1. The summed E-state index contributed by atoms with van der Waals surface area (Å²) in [7, 11) is 0. The van der Waals surface area contributed by atoms with Crippen molar-refractivity contribution in [3.63, 3.8) is 0 Å². The minimum atomic E-state index is 0.124. The summed E-state index contributed by atoms with van der Waals surface area (Å²) in [6.45, 7) is 7.67. The van der Waals surface area contributed by atoms with E-state index >= 15 is 0 Å². The van der Waals surface area contributed by atoms with Crippen LogP contribution in [0.15, 0.2) is 28.8 Å². The molecule has 1 aromatic carbocycles. The Balaban J connectivity index is 1.63. The highest BCUT2D eigenvalue weighted by Gasteiger charge is 2.26. The van der Waals surface area contributed by atoms with Crippen LogP contribution in [-0.2, 0) is 6.42 Å². The number of anilines is 1. The van der Waals surface area contributed by atoms with E-state index in [0.29, 0.717) is 11.6 Å². The Morgan fingerprint density at radius 3 is 2.59 bits per heavy atom. The molecule has 0 saturated carbocycles. The van der Waals surface area contributed by atoms with Crippen LogP contribution in [0.25, 0.3) is 0 Å². The third-order valence-electron chi connectivity index (χ3n) is 4.24. The van der Waals surface area contributed by atoms with Crippen molar-refractivity contribution in [1.29, 1.82) is 0 Å². The van der Waals surface area contributed by atoms with Gasteiger partial charge in [0.05, 0.1) is 11.7 Å². The first-order valence-electron chi connectivity index (χ1n) is 7.78. The molecule has 118 valence electrons. The fraction of sp³-hybridized carbons (Fsp3) is 0.500. The van der Waals surface area contributed by atoms with Crippen LogP contribution in [0.5, 0.6) is 5.75 Å². The summed E-state index contributed by atoms with van der Waals surface area (Å²) in [4.78, 5) is 8.97. The van der Waals surface area contributed by atoms with Crippen molar-refractivity contribution >= 4 is 5.69 Å². The predicted molar refractivity (Wildman–Crippen MR) is 84.0 cm³/mol. The van der Waals surface area contributed by atoms with Crippen molar-refractivity contribution in [3.05, 3.63) is 36.0 Å². The number of para-hydroxylation sites is 2. The average molecular weight is 302 g/mol. The Morgan fingerprint density at radius 1 is 1.23 bits per heavy atom. The number of nitrogens with zero attached hydrogens (tertiary/aromatic N) is 4. The predicted octanol–water partition coefficient (Wildman–Crippen LogP) is 2.22. The van der Waals surface area contributed by atoms with Crippen LogP contribution in [0.3, 0.4) is 0 Å². The second kappa shape index (κ2) is 6.36. The topological polar surface area (TPSA) is 65.6 Å². The molecule has 6 heteroatoms. The lowest BCUT2D eigenvalue weighted by molar-refractivity contribution is 0.164. The molecule has 1 fully saturated rings. The number of hydrogen-bond acceptors (Lipinski definition) is 6. The van der Waals surface area contributed by atoms with Crippen LogP contribution in [-0.4, -0.2) is 46.3 Å². The molecule has 1 atom stereocenters. The zero-order valence-electron chi connectivity index (χ0n) is 13.1. The molecule has 0 spiro atoms. The Bertz CT molecular complexity index is 620. The second-order valence-electron chi connectivity index (χ2n) is 5.59. The van der Waals surface area contributed by atoms with E-state index in [-0.39, 0.29) is 6.04 Å². The van der Waals surface area contributed by atoms with Gasteiger partial charge in [-0.3, -0.25) is 4.90 Å². The van der Waals surface area contributed by atoms with Crippen LogP contribution >= 0.6 is 0 Å². The fourth-order valence-electron chi connectivity index (χ4n) is 2.82.